The minimum atomic E-state index is -0.160. The van der Waals surface area contributed by atoms with Crippen molar-refractivity contribution in [1.29, 1.82) is 0 Å². The van der Waals surface area contributed by atoms with E-state index in [9.17, 15) is 4.79 Å². The van der Waals surface area contributed by atoms with Gasteiger partial charge in [-0.3, -0.25) is 14.8 Å². The van der Waals surface area contributed by atoms with Gasteiger partial charge in [-0.25, -0.2) is 0 Å². The third-order valence-electron chi connectivity index (χ3n) is 4.02. The molecular weight excluding hydrogens is 292 g/mol. The summed E-state index contributed by atoms with van der Waals surface area (Å²) in [5.41, 5.74) is 1.31. The monoisotopic (exact) mass is 316 g/mol. The van der Waals surface area contributed by atoms with Crippen molar-refractivity contribution in [2.75, 3.05) is 32.8 Å². The molecule has 6 heteroatoms. The number of benzene rings is 1. The van der Waals surface area contributed by atoms with Crippen LogP contribution in [0.15, 0.2) is 24.3 Å². The van der Waals surface area contributed by atoms with Crippen LogP contribution in [0.3, 0.4) is 0 Å². The van der Waals surface area contributed by atoms with Gasteiger partial charge in [0, 0.05) is 31.6 Å². The van der Waals surface area contributed by atoms with Crippen LogP contribution in [0.4, 0.5) is 0 Å². The number of aromatic nitrogens is 2. The quantitative estimate of drug-likeness (QED) is 0.880. The number of hydrogen-bond acceptors (Lipinski definition) is 4. The number of aromatic amines is 1. The first-order valence-electron chi connectivity index (χ1n) is 8.18. The molecule has 0 spiro atoms. The molecule has 1 aromatic carbocycles. The molecule has 23 heavy (non-hydrogen) atoms. The summed E-state index contributed by atoms with van der Waals surface area (Å²) < 4.78 is 5.76. The number of fused-ring (bicyclic) bond motifs is 1. The van der Waals surface area contributed by atoms with Crippen LogP contribution < -0.4 is 5.32 Å². The van der Waals surface area contributed by atoms with E-state index >= 15 is 0 Å². The van der Waals surface area contributed by atoms with Gasteiger partial charge in [-0.15, -0.1) is 0 Å². The van der Waals surface area contributed by atoms with E-state index in [2.05, 4.69) is 34.3 Å². The average Bonchev–Trinajstić information content (AvgIpc) is 2.96. The minimum Gasteiger partial charge on any atom is -0.374 e. The predicted molar refractivity (Wildman–Crippen MR) is 89.4 cm³/mol. The Balaban J connectivity index is 1.56. The fourth-order valence-electron chi connectivity index (χ4n) is 3.01. The summed E-state index contributed by atoms with van der Waals surface area (Å²) >= 11 is 0. The van der Waals surface area contributed by atoms with E-state index in [0.29, 0.717) is 18.2 Å². The number of amides is 1. The normalized spacial score (nSPS) is 19.3. The summed E-state index contributed by atoms with van der Waals surface area (Å²) in [7, 11) is 0. The van der Waals surface area contributed by atoms with Crippen molar-refractivity contribution < 1.29 is 9.53 Å². The smallest absolute Gasteiger partial charge is 0.272 e. The van der Waals surface area contributed by atoms with Gasteiger partial charge in [-0.1, -0.05) is 32.0 Å². The van der Waals surface area contributed by atoms with E-state index in [1.165, 1.54) is 0 Å². The highest BCUT2D eigenvalue weighted by Gasteiger charge is 2.22. The third-order valence-corrected chi connectivity index (χ3v) is 4.02. The molecule has 0 unspecified atom stereocenters. The summed E-state index contributed by atoms with van der Waals surface area (Å²) in [5, 5.41) is 10.8. The molecule has 0 saturated carbocycles. The molecule has 1 fully saturated rings. The SMILES string of the molecule is CC(C)CN1CCO[C@@H](CNC(=O)c2n[nH]c3ccccc23)C1. The number of H-pyrrole nitrogens is 1. The lowest BCUT2D eigenvalue weighted by molar-refractivity contribution is -0.0295. The molecule has 0 radical (unpaired) electrons. The summed E-state index contributed by atoms with van der Waals surface area (Å²) in [6.45, 7) is 8.56. The van der Waals surface area contributed by atoms with Crippen LogP contribution >= 0.6 is 0 Å². The molecule has 2 N–H and O–H groups in total. The number of carbonyl (C=O) groups excluding carboxylic acids is 1. The molecule has 1 atom stereocenters. The maximum absolute atomic E-state index is 12.4. The summed E-state index contributed by atoms with van der Waals surface area (Å²) in [5.74, 6) is 0.478. The maximum atomic E-state index is 12.4. The highest BCUT2D eigenvalue weighted by atomic mass is 16.5. The first-order valence-corrected chi connectivity index (χ1v) is 8.18. The van der Waals surface area contributed by atoms with Crippen molar-refractivity contribution in [3.05, 3.63) is 30.0 Å². The van der Waals surface area contributed by atoms with Crippen LogP contribution in [0, 0.1) is 5.92 Å². The van der Waals surface area contributed by atoms with Crippen molar-refractivity contribution in [1.82, 2.24) is 20.4 Å². The molecule has 0 bridgehead atoms. The first kappa shape index (κ1) is 16.0. The molecule has 1 aromatic heterocycles. The van der Waals surface area contributed by atoms with Gasteiger partial charge in [0.2, 0.25) is 0 Å². The summed E-state index contributed by atoms with van der Waals surface area (Å²) in [6.07, 6.45) is 0.0386. The van der Waals surface area contributed by atoms with Gasteiger partial charge in [0.25, 0.3) is 5.91 Å². The number of carbonyl (C=O) groups is 1. The Labute approximate surface area is 136 Å². The lowest BCUT2D eigenvalue weighted by Crippen LogP contribution is -2.48. The van der Waals surface area contributed by atoms with Gasteiger partial charge in [-0.2, -0.15) is 5.10 Å². The van der Waals surface area contributed by atoms with Crippen LogP contribution in [0.25, 0.3) is 10.9 Å². The molecular formula is C17H24N4O2. The minimum absolute atomic E-state index is 0.0386. The second-order valence-electron chi connectivity index (χ2n) is 6.47. The van der Waals surface area contributed by atoms with Gasteiger partial charge in [0.1, 0.15) is 0 Å². The number of para-hydroxylation sites is 1. The van der Waals surface area contributed by atoms with Crippen LogP contribution in [0.2, 0.25) is 0 Å². The number of nitrogens with one attached hydrogen (secondary N) is 2. The average molecular weight is 316 g/mol. The van der Waals surface area contributed by atoms with E-state index in [4.69, 9.17) is 4.74 Å². The number of nitrogens with zero attached hydrogens (tertiary/aromatic N) is 2. The Morgan fingerprint density at radius 1 is 1.48 bits per heavy atom. The van der Waals surface area contributed by atoms with E-state index < -0.39 is 0 Å². The standard InChI is InChI=1S/C17H24N4O2/c1-12(2)10-21-7-8-23-13(11-21)9-18-17(22)16-14-5-3-4-6-15(14)19-20-16/h3-6,12-13H,7-11H2,1-2H3,(H,18,22)(H,19,20)/t13-/m0/s1. The van der Waals surface area contributed by atoms with Crippen molar-refractivity contribution in [2.45, 2.75) is 20.0 Å². The molecule has 1 saturated heterocycles. The van der Waals surface area contributed by atoms with Crippen molar-refractivity contribution >= 4 is 16.8 Å². The number of morpholine rings is 1. The highest BCUT2D eigenvalue weighted by molar-refractivity contribution is 6.04. The zero-order valence-corrected chi connectivity index (χ0v) is 13.7. The van der Waals surface area contributed by atoms with Crippen LogP contribution in [-0.4, -0.2) is 59.9 Å². The Kier molecular flexibility index (Phi) is 4.93. The molecule has 1 aliphatic rings. The molecule has 3 rings (SSSR count). The molecule has 2 heterocycles. The Hall–Kier alpha value is -1.92. The maximum Gasteiger partial charge on any atom is 0.272 e. The number of ether oxygens (including phenoxy) is 1. The van der Waals surface area contributed by atoms with Gasteiger partial charge < -0.3 is 10.1 Å². The lowest BCUT2D eigenvalue weighted by Gasteiger charge is -2.33. The van der Waals surface area contributed by atoms with Crippen molar-refractivity contribution in [2.24, 2.45) is 5.92 Å². The largest absolute Gasteiger partial charge is 0.374 e. The zero-order valence-electron chi connectivity index (χ0n) is 13.7. The van der Waals surface area contributed by atoms with E-state index in [1.807, 2.05) is 24.3 Å². The van der Waals surface area contributed by atoms with Crippen LogP contribution in [0.1, 0.15) is 24.3 Å². The second kappa shape index (κ2) is 7.10. The van der Waals surface area contributed by atoms with Gasteiger partial charge in [0.15, 0.2) is 5.69 Å². The van der Waals surface area contributed by atoms with E-state index in [1.54, 1.807) is 0 Å². The molecule has 6 nitrogen and oxygen atoms in total. The molecule has 124 valence electrons. The summed E-state index contributed by atoms with van der Waals surface area (Å²) in [4.78, 5) is 14.8. The molecule has 1 aliphatic heterocycles. The second-order valence-corrected chi connectivity index (χ2v) is 6.47. The molecule has 2 aromatic rings. The van der Waals surface area contributed by atoms with Gasteiger partial charge in [-0.05, 0) is 12.0 Å². The number of hydrogen-bond donors (Lipinski definition) is 2. The van der Waals surface area contributed by atoms with Crippen LogP contribution in [0.5, 0.6) is 0 Å². The fraction of sp³-hybridized carbons (Fsp3) is 0.529. The van der Waals surface area contributed by atoms with E-state index in [0.717, 1.165) is 37.1 Å². The highest BCUT2D eigenvalue weighted by Crippen LogP contribution is 2.15. The first-order chi connectivity index (χ1) is 11.1. The van der Waals surface area contributed by atoms with Crippen molar-refractivity contribution in [3.8, 4) is 0 Å². The molecule has 1 amide bonds. The van der Waals surface area contributed by atoms with Gasteiger partial charge in [0.05, 0.1) is 18.2 Å². The van der Waals surface area contributed by atoms with Crippen LogP contribution in [-0.2, 0) is 4.74 Å². The van der Waals surface area contributed by atoms with Crippen molar-refractivity contribution in [3.63, 3.8) is 0 Å². The topological polar surface area (TPSA) is 70.2 Å². The number of rotatable bonds is 5. The Bertz CT molecular complexity index is 667. The van der Waals surface area contributed by atoms with E-state index in [-0.39, 0.29) is 12.0 Å². The molecule has 0 aliphatic carbocycles. The summed E-state index contributed by atoms with van der Waals surface area (Å²) in [6, 6.07) is 7.63. The predicted octanol–water partition coefficient (Wildman–Crippen LogP) is 1.65. The lowest BCUT2D eigenvalue weighted by atomic mass is 10.1. The zero-order chi connectivity index (χ0) is 16.2. The Morgan fingerprint density at radius 2 is 2.30 bits per heavy atom. The Morgan fingerprint density at radius 3 is 3.13 bits per heavy atom. The van der Waals surface area contributed by atoms with Gasteiger partial charge >= 0.3 is 0 Å². The fourth-order valence-corrected chi connectivity index (χ4v) is 3.01. The third kappa shape index (κ3) is 3.89.